The summed E-state index contributed by atoms with van der Waals surface area (Å²) in [6, 6.07) is 4.13. The van der Waals surface area contributed by atoms with Crippen molar-refractivity contribution in [2.24, 2.45) is 7.05 Å². The molecule has 0 amide bonds. The summed E-state index contributed by atoms with van der Waals surface area (Å²) in [6.07, 6.45) is 7.32. The van der Waals surface area contributed by atoms with Gasteiger partial charge < -0.3 is 29.2 Å². The quantitative estimate of drug-likeness (QED) is 0.464. The van der Waals surface area contributed by atoms with Gasteiger partial charge in [-0.1, -0.05) is 0 Å². The normalized spacial score (nSPS) is 16.0. The van der Waals surface area contributed by atoms with Crippen molar-refractivity contribution in [3.05, 3.63) is 42.1 Å². The minimum absolute atomic E-state index is 0.0461. The Morgan fingerprint density at radius 3 is 2.82 bits per heavy atom. The summed E-state index contributed by atoms with van der Waals surface area (Å²) in [5.74, 6) is 2.65. The van der Waals surface area contributed by atoms with E-state index in [0.717, 1.165) is 53.3 Å². The molecule has 1 saturated heterocycles. The van der Waals surface area contributed by atoms with Gasteiger partial charge in [-0.15, -0.1) is 0 Å². The lowest BCUT2D eigenvalue weighted by atomic mass is 10.1. The van der Waals surface area contributed by atoms with Crippen molar-refractivity contribution < 1.29 is 9.84 Å². The Bertz CT molecular complexity index is 1310. The molecular formula is C23H28N8O2. The number of hydrogen-bond acceptors (Lipinski definition) is 8. The van der Waals surface area contributed by atoms with Gasteiger partial charge in [-0.3, -0.25) is 0 Å². The van der Waals surface area contributed by atoms with Crippen LogP contribution in [0.15, 0.2) is 31.0 Å². The molecule has 0 spiro atoms. The number of methoxy groups -OCH3 is 1. The SMILES string of the molecule is COc1cc(-n2cnc(Nc3nc(N4CCC[C@H]4CO)c4c(ncn4C)n3)c2)cc(C)c1C. The number of aryl methyl sites for hydroxylation is 2. The van der Waals surface area contributed by atoms with Gasteiger partial charge in [0.15, 0.2) is 17.3 Å². The Morgan fingerprint density at radius 2 is 2.03 bits per heavy atom. The molecule has 10 heteroatoms. The lowest BCUT2D eigenvalue weighted by molar-refractivity contribution is 0.266. The van der Waals surface area contributed by atoms with Crippen molar-refractivity contribution in [3.63, 3.8) is 0 Å². The average Bonchev–Trinajstić information content (AvgIpc) is 3.55. The Labute approximate surface area is 191 Å². The van der Waals surface area contributed by atoms with Crippen LogP contribution in [0.5, 0.6) is 5.75 Å². The van der Waals surface area contributed by atoms with E-state index in [1.807, 2.05) is 35.4 Å². The zero-order valence-electron chi connectivity index (χ0n) is 19.3. The van der Waals surface area contributed by atoms with Gasteiger partial charge in [-0.05, 0) is 43.9 Å². The first-order valence-corrected chi connectivity index (χ1v) is 11.0. The van der Waals surface area contributed by atoms with Crippen LogP contribution < -0.4 is 15.0 Å². The second-order valence-electron chi connectivity index (χ2n) is 8.45. The molecule has 0 aliphatic carbocycles. The van der Waals surface area contributed by atoms with E-state index in [9.17, 15) is 5.11 Å². The molecule has 1 aromatic carbocycles. The highest BCUT2D eigenvalue weighted by Crippen LogP contribution is 2.31. The molecule has 4 aromatic rings. The predicted octanol–water partition coefficient (Wildman–Crippen LogP) is 2.88. The Hall–Kier alpha value is -3.66. The number of nitrogens with one attached hydrogen (secondary N) is 1. The molecule has 1 aliphatic rings. The number of benzene rings is 1. The highest BCUT2D eigenvalue weighted by molar-refractivity contribution is 5.85. The molecule has 2 N–H and O–H groups in total. The first-order chi connectivity index (χ1) is 16.0. The highest BCUT2D eigenvalue weighted by Gasteiger charge is 2.28. The standard InChI is InChI=1S/C23H28N8O2/c1-14-8-17(9-18(33-4)15(14)2)30-10-19(24-13-30)26-23-27-21-20(29(3)12-25-21)22(28-23)31-7-5-6-16(31)11-32/h8-10,12-13,16,32H,5-7,11H2,1-4H3,(H,26,27,28)/t16-/m0/s1. The number of aliphatic hydroxyl groups excluding tert-OH is 1. The van der Waals surface area contributed by atoms with Crippen molar-refractivity contribution in [2.75, 3.05) is 30.5 Å². The molecule has 10 nitrogen and oxygen atoms in total. The fourth-order valence-corrected chi connectivity index (χ4v) is 4.41. The van der Waals surface area contributed by atoms with Crippen LogP contribution in [0, 0.1) is 13.8 Å². The summed E-state index contributed by atoms with van der Waals surface area (Å²) < 4.78 is 9.36. The molecule has 1 aliphatic heterocycles. The van der Waals surface area contributed by atoms with E-state index in [1.54, 1.807) is 19.8 Å². The van der Waals surface area contributed by atoms with Crippen LogP contribution in [-0.2, 0) is 7.05 Å². The monoisotopic (exact) mass is 448 g/mol. The maximum atomic E-state index is 9.83. The summed E-state index contributed by atoms with van der Waals surface area (Å²) in [6.45, 7) is 5.04. The Kier molecular flexibility index (Phi) is 5.37. The molecule has 33 heavy (non-hydrogen) atoms. The van der Waals surface area contributed by atoms with Crippen LogP contribution in [0.2, 0.25) is 0 Å². The van der Waals surface area contributed by atoms with Crippen molar-refractivity contribution in [3.8, 4) is 11.4 Å². The van der Waals surface area contributed by atoms with Gasteiger partial charge in [0.05, 0.1) is 38.0 Å². The molecule has 0 saturated carbocycles. The highest BCUT2D eigenvalue weighted by atomic mass is 16.5. The minimum Gasteiger partial charge on any atom is -0.496 e. The predicted molar refractivity (Wildman–Crippen MR) is 127 cm³/mol. The maximum absolute atomic E-state index is 9.83. The zero-order chi connectivity index (χ0) is 23.1. The molecule has 1 fully saturated rings. The van der Waals surface area contributed by atoms with E-state index >= 15 is 0 Å². The number of anilines is 3. The number of aromatic nitrogens is 6. The third-order valence-corrected chi connectivity index (χ3v) is 6.36. The van der Waals surface area contributed by atoms with Crippen molar-refractivity contribution in [1.82, 2.24) is 29.1 Å². The van der Waals surface area contributed by atoms with E-state index in [2.05, 4.69) is 38.2 Å². The third-order valence-electron chi connectivity index (χ3n) is 6.36. The molecule has 5 rings (SSSR count). The third kappa shape index (κ3) is 3.76. The molecule has 0 unspecified atom stereocenters. The van der Waals surface area contributed by atoms with Gasteiger partial charge in [0.25, 0.3) is 0 Å². The van der Waals surface area contributed by atoms with Gasteiger partial charge >= 0.3 is 0 Å². The number of ether oxygens (including phenoxy) is 1. The van der Waals surface area contributed by atoms with Crippen LogP contribution in [0.4, 0.5) is 17.6 Å². The van der Waals surface area contributed by atoms with E-state index in [0.29, 0.717) is 17.4 Å². The maximum Gasteiger partial charge on any atom is 0.232 e. The number of aliphatic hydroxyl groups is 1. The van der Waals surface area contributed by atoms with E-state index < -0.39 is 0 Å². The molecule has 4 heterocycles. The second-order valence-corrected chi connectivity index (χ2v) is 8.45. The molecule has 3 aromatic heterocycles. The lowest BCUT2D eigenvalue weighted by Crippen LogP contribution is -2.33. The second kappa shape index (κ2) is 8.36. The summed E-state index contributed by atoms with van der Waals surface area (Å²) >= 11 is 0. The van der Waals surface area contributed by atoms with Gasteiger partial charge in [-0.25, -0.2) is 9.97 Å². The molecule has 0 bridgehead atoms. The Balaban J connectivity index is 1.48. The van der Waals surface area contributed by atoms with Gasteiger partial charge in [0, 0.05) is 19.7 Å². The molecular weight excluding hydrogens is 420 g/mol. The Morgan fingerprint density at radius 1 is 1.18 bits per heavy atom. The first kappa shape index (κ1) is 21.2. The van der Waals surface area contributed by atoms with E-state index in [-0.39, 0.29) is 12.6 Å². The summed E-state index contributed by atoms with van der Waals surface area (Å²) in [4.78, 5) is 20.5. The number of rotatable bonds is 6. The van der Waals surface area contributed by atoms with Crippen LogP contribution >= 0.6 is 0 Å². The van der Waals surface area contributed by atoms with E-state index in [1.165, 1.54) is 0 Å². The molecule has 0 radical (unpaired) electrons. The topological polar surface area (TPSA) is 106 Å². The largest absolute Gasteiger partial charge is 0.496 e. The summed E-state index contributed by atoms with van der Waals surface area (Å²) in [5.41, 5.74) is 4.68. The van der Waals surface area contributed by atoms with Gasteiger partial charge in [0.2, 0.25) is 5.95 Å². The molecule has 172 valence electrons. The van der Waals surface area contributed by atoms with Crippen molar-refractivity contribution >= 4 is 28.7 Å². The van der Waals surface area contributed by atoms with E-state index in [4.69, 9.17) is 9.72 Å². The summed E-state index contributed by atoms with van der Waals surface area (Å²) in [5, 5.41) is 13.1. The average molecular weight is 449 g/mol. The van der Waals surface area contributed by atoms with Crippen molar-refractivity contribution in [2.45, 2.75) is 32.7 Å². The minimum atomic E-state index is 0.0461. The van der Waals surface area contributed by atoms with Crippen LogP contribution in [0.25, 0.3) is 16.9 Å². The van der Waals surface area contributed by atoms with Gasteiger partial charge in [-0.2, -0.15) is 9.97 Å². The summed E-state index contributed by atoms with van der Waals surface area (Å²) in [7, 11) is 3.61. The van der Waals surface area contributed by atoms with Crippen LogP contribution in [0.1, 0.15) is 24.0 Å². The van der Waals surface area contributed by atoms with Crippen LogP contribution in [0.3, 0.4) is 0 Å². The number of fused-ring (bicyclic) bond motifs is 1. The fourth-order valence-electron chi connectivity index (χ4n) is 4.41. The number of hydrogen-bond donors (Lipinski definition) is 2. The smallest absolute Gasteiger partial charge is 0.232 e. The lowest BCUT2D eigenvalue weighted by Gasteiger charge is -2.25. The fraction of sp³-hybridized carbons (Fsp3) is 0.391. The number of nitrogens with zero attached hydrogens (tertiary/aromatic N) is 7. The van der Waals surface area contributed by atoms with Crippen LogP contribution in [-0.4, -0.2) is 60.5 Å². The van der Waals surface area contributed by atoms with Crippen molar-refractivity contribution in [1.29, 1.82) is 0 Å². The first-order valence-electron chi connectivity index (χ1n) is 11.0. The zero-order valence-corrected chi connectivity index (χ0v) is 19.3. The van der Waals surface area contributed by atoms with Gasteiger partial charge in [0.1, 0.15) is 17.6 Å². The molecule has 1 atom stereocenters. The number of imidazole rings is 2.